The van der Waals surface area contributed by atoms with Crippen LogP contribution in [0, 0.1) is 52.3 Å². The van der Waals surface area contributed by atoms with Crippen LogP contribution in [0.15, 0.2) is 24.3 Å². The van der Waals surface area contributed by atoms with Gasteiger partial charge in [0, 0.05) is 18.4 Å². The van der Waals surface area contributed by atoms with E-state index >= 15 is 0 Å². The highest BCUT2D eigenvalue weighted by Gasteiger charge is 2.69. The molecule has 6 aliphatic rings. The van der Waals surface area contributed by atoms with E-state index in [0.717, 1.165) is 50.0 Å². The number of hydrogen-bond donors (Lipinski definition) is 2. The Kier molecular flexibility index (Phi) is 7.01. The lowest BCUT2D eigenvalue weighted by Gasteiger charge is -2.61. The Morgan fingerprint density at radius 2 is 1.76 bits per heavy atom. The smallest absolute Gasteiger partial charge is 0.331 e. The van der Waals surface area contributed by atoms with Crippen LogP contribution in [-0.2, 0) is 19.0 Å². The van der Waals surface area contributed by atoms with Gasteiger partial charge in [0.25, 0.3) is 0 Å². The molecule has 0 aromatic heterocycles. The summed E-state index contributed by atoms with van der Waals surface area (Å²) in [5.74, 6) is 3.54. The van der Waals surface area contributed by atoms with Gasteiger partial charge in [-0.2, -0.15) is 0 Å². The van der Waals surface area contributed by atoms with Gasteiger partial charge in [0.1, 0.15) is 6.10 Å². The molecule has 2 aliphatic heterocycles. The van der Waals surface area contributed by atoms with Crippen molar-refractivity contribution >= 4 is 12.0 Å². The molecule has 1 spiro atoms. The normalized spacial score (nSPS) is 48.0. The fraction of sp³-hybridized carbons (Fsp3) is 0.750. The highest BCUT2D eigenvalue weighted by molar-refractivity contribution is 5.87. The molecule has 7 rings (SSSR count). The van der Waals surface area contributed by atoms with E-state index in [0.29, 0.717) is 46.2 Å². The molecule has 2 N–H and O–H groups in total. The number of ether oxygens (including phenoxy) is 3. The van der Waals surface area contributed by atoms with Crippen molar-refractivity contribution in [1.82, 2.24) is 0 Å². The number of rotatable bonds is 3. The maximum absolute atomic E-state index is 12.7. The SMILES string of the molecule is C[C@H]1CC[C@@]2(OC1)O[C@H]1C[C@H]3[C@@H]4CC[C@@H]5C[C@@H](OC(=O)/C=C/c6ccc(O)c(O)c6)CC[C@]5(C)[C@H]4CC[C@]3(C)[C@H]1[C@@H]2C. The maximum atomic E-state index is 12.7. The average Bonchev–Trinajstić information content (AvgIpc) is 3.41. The molecule has 6 heteroatoms. The van der Waals surface area contributed by atoms with Gasteiger partial charge in [-0.1, -0.05) is 33.8 Å². The monoisotopic (exact) mass is 578 g/mol. The van der Waals surface area contributed by atoms with Crippen LogP contribution in [0.2, 0.25) is 0 Å². The summed E-state index contributed by atoms with van der Waals surface area (Å²) >= 11 is 0. The molecule has 12 atom stereocenters. The molecular weight excluding hydrogens is 528 g/mol. The Morgan fingerprint density at radius 3 is 2.52 bits per heavy atom. The number of carbonyl (C=O) groups excluding carboxylic acids is 1. The van der Waals surface area contributed by atoms with Crippen molar-refractivity contribution < 1.29 is 29.2 Å². The molecule has 0 radical (unpaired) electrons. The van der Waals surface area contributed by atoms with E-state index in [9.17, 15) is 15.0 Å². The molecule has 2 saturated heterocycles. The van der Waals surface area contributed by atoms with Crippen molar-refractivity contribution in [2.24, 2.45) is 52.3 Å². The number of hydrogen-bond acceptors (Lipinski definition) is 6. The van der Waals surface area contributed by atoms with Gasteiger partial charge in [-0.05, 0) is 128 Å². The zero-order valence-electron chi connectivity index (χ0n) is 25.9. The van der Waals surface area contributed by atoms with Crippen molar-refractivity contribution in [3.8, 4) is 11.5 Å². The first-order chi connectivity index (χ1) is 20.0. The third-order valence-electron chi connectivity index (χ3n) is 13.6. The maximum Gasteiger partial charge on any atom is 0.331 e. The Balaban J connectivity index is 0.998. The second kappa shape index (κ2) is 10.3. The summed E-state index contributed by atoms with van der Waals surface area (Å²) < 4.78 is 19.4. The minimum Gasteiger partial charge on any atom is -0.504 e. The number of phenols is 2. The second-order valence-electron chi connectivity index (χ2n) is 15.6. The molecule has 230 valence electrons. The summed E-state index contributed by atoms with van der Waals surface area (Å²) in [6, 6.07) is 4.51. The van der Waals surface area contributed by atoms with Gasteiger partial charge >= 0.3 is 5.97 Å². The van der Waals surface area contributed by atoms with Crippen LogP contribution in [0.4, 0.5) is 0 Å². The van der Waals surface area contributed by atoms with E-state index in [1.165, 1.54) is 56.7 Å². The predicted molar refractivity (Wildman–Crippen MR) is 160 cm³/mol. The van der Waals surface area contributed by atoms with Crippen molar-refractivity contribution in [1.29, 1.82) is 0 Å². The van der Waals surface area contributed by atoms with Gasteiger partial charge in [0.15, 0.2) is 17.3 Å². The number of esters is 1. The van der Waals surface area contributed by atoms with Gasteiger partial charge < -0.3 is 24.4 Å². The summed E-state index contributed by atoms with van der Waals surface area (Å²) in [4.78, 5) is 12.7. The van der Waals surface area contributed by atoms with E-state index in [1.807, 2.05) is 0 Å². The lowest BCUT2D eigenvalue weighted by Crippen LogP contribution is -2.55. The molecule has 4 saturated carbocycles. The van der Waals surface area contributed by atoms with E-state index in [4.69, 9.17) is 14.2 Å². The zero-order valence-corrected chi connectivity index (χ0v) is 25.9. The average molecular weight is 579 g/mol. The summed E-state index contributed by atoms with van der Waals surface area (Å²) in [7, 11) is 0. The number of benzene rings is 1. The van der Waals surface area contributed by atoms with Gasteiger partial charge in [-0.25, -0.2) is 4.79 Å². The Bertz CT molecular complexity index is 1230. The van der Waals surface area contributed by atoms with E-state index in [1.54, 1.807) is 12.1 Å². The quantitative estimate of drug-likeness (QED) is 0.220. The molecule has 0 amide bonds. The minimum atomic E-state index is -0.340. The standard InChI is InChI=1S/C36H50O6/c1-21-11-16-36(40-20-21)22(2)33-31(42-36)19-28-26-8-7-24-18-25(12-14-34(24,3)27(26)13-15-35(28,33)4)41-32(39)10-6-23-5-9-29(37)30(38)17-23/h5-6,9-10,17,21-22,24-28,31,33,37-38H,7-8,11-16,18-20H2,1-4H3/b10-6+/t21-,22-,24+,25-,26+,27-,28-,31-,33-,34-,35-,36+/m0/s1. The molecule has 42 heavy (non-hydrogen) atoms. The van der Waals surface area contributed by atoms with Gasteiger partial charge in [0.2, 0.25) is 0 Å². The lowest BCUT2D eigenvalue weighted by molar-refractivity contribution is -0.273. The third kappa shape index (κ3) is 4.45. The van der Waals surface area contributed by atoms with Crippen LogP contribution in [0.25, 0.3) is 6.08 Å². The summed E-state index contributed by atoms with van der Waals surface area (Å²) in [6.07, 6.45) is 15.0. The van der Waals surface area contributed by atoms with Crippen molar-refractivity contribution in [3.63, 3.8) is 0 Å². The van der Waals surface area contributed by atoms with Gasteiger partial charge in [-0.15, -0.1) is 0 Å². The van der Waals surface area contributed by atoms with Crippen LogP contribution in [0.5, 0.6) is 11.5 Å². The summed E-state index contributed by atoms with van der Waals surface area (Å²) in [5.41, 5.74) is 1.31. The van der Waals surface area contributed by atoms with Crippen LogP contribution in [0.1, 0.15) is 97.5 Å². The molecule has 4 aliphatic carbocycles. The van der Waals surface area contributed by atoms with E-state index < -0.39 is 0 Å². The minimum absolute atomic E-state index is 0.0339. The topological polar surface area (TPSA) is 85.2 Å². The molecule has 0 bridgehead atoms. The highest BCUT2D eigenvalue weighted by Crippen LogP contribution is 2.71. The third-order valence-corrected chi connectivity index (χ3v) is 13.6. The number of aromatic hydroxyl groups is 2. The molecule has 1 aromatic carbocycles. The zero-order chi connectivity index (χ0) is 29.4. The number of fused-ring (bicyclic) bond motifs is 7. The van der Waals surface area contributed by atoms with Crippen LogP contribution in [-0.4, -0.2) is 40.8 Å². The fourth-order valence-electron chi connectivity index (χ4n) is 11.4. The first kappa shape index (κ1) is 28.7. The molecule has 6 nitrogen and oxygen atoms in total. The largest absolute Gasteiger partial charge is 0.504 e. The fourth-order valence-corrected chi connectivity index (χ4v) is 11.4. The van der Waals surface area contributed by atoms with Gasteiger partial charge in [-0.3, -0.25) is 0 Å². The second-order valence-corrected chi connectivity index (χ2v) is 15.6. The summed E-state index contributed by atoms with van der Waals surface area (Å²) in [5, 5.41) is 19.2. The Morgan fingerprint density at radius 1 is 0.952 bits per heavy atom. The lowest BCUT2D eigenvalue weighted by atomic mass is 9.44. The van der Waals surface area contributed by atoms with E-state index in [-0.39, 0.29) is 29.4 Å². The molecule has 2 heterocycles. The predicted octanol–water partition coefficient (Wildman–Crippen LogP) is 7.47. The highest BCUT2D eigenvalue weighted by atomic mass is 16.7. The first-order valence-electron chi connectivity index (χ1n) is 16.7. The number of phenolic OH excluding ortho intramolecular Hbond substituents is 2. The number of carbonyl (C=O) groups is 1. The van der Waals surface area contributed by atoms with Crippen molar-refractivity contribution in [2.45, 2.75) is 110 Å². The van der Waals surface area contributed by atoms with Crippen LogP contribution < -0.4 is 0 Å². The van der Waals surface area contributed by atoms with E-state index in [2.05, 4.69) is 27.7 Å². The molecule has 0 unspecified atom stereocenters. The Hall–Kier alpha value is -2.05. The molecular formula is C36H50O6. The summed E-state index contributed by atoms with van der Waals surface area (Å²) in [6.45, 7) is 10.7. The first-order valence-corrected chi connectivity index (χ1v) is 16.7. The molecule has 6 fully saturated rings. The molecule has 1 aromatic rings. The van der Waals surface area contributed by atoms with Gasteiger partial charge in [0.05, 0.1) is 12.7 Å². The van der Waals surface area contributed by atoms with Crippen molar-refractivity contribution in [2.75, 3.05) is 6.61 Å². The Labute approximate surface area is 251 Å². The van der Waals surface area contributed by atoms with Crippen LogP contribution >= 0.6 is 0 Å². The van der Waals surface area contributed by atoms with Crippen molar-refractivity contribution in [3.05, 3.63) is 29.8 Å². The van der Waals surface area contributed by atoms with Crippen LogP contribution in [0.3, 0.4) is 0 Å².